The number of hydrogen-bond donors (Lipinski definition) is 0. The molecule has 27 heavy (non-hydrogen) atoms. The first-order chi connectivity index (χ1) is 13.1. The molecule has 3 rings (SSSR count). The number of rotatable bonds is 7. The van der Waals surface area contributed by atoms with E-state index in [2.05, 4.69) is 4.98 Å². The van der Waals surface area contributed by atoms with E-state index in [4.69, 9.17) is 9.15 Å². The van der Waals surface area contributed by atoms with E-state index in [9.17, 15) is 4.79 Å². The van der Waals surface area contributed by atoms with Gasteiger partial charge in [0.15, 0.2) is 0 Å². The smallest absolute Gasteiger partial charge is 0.229 e. The Morgan fingerprint density at radius 3 is 2.44 bits per heavy atom. The number of oxazole rings is 1. The van der Waals surface area contributed by atoms with Gasteiger partial charge in [-0.2, -0.15) is 0 Å². The minimum atomic E-state index is 0.0318. The number of carbonyl (C=O) groups is 1. The molecule has 0 spiro atoms. The zero-order valence-electron chi connectivity index (χ0n) is 15.9. The molecule has 2 aromatic carbocycles. The van der Waals surface area contributed by atoms with Crippen molar-refractivity contribution in [3.63, 3.8) is 0 Å². The minimum Gasteiger partial charge on any atom is -0.497 e. The number of amides is 1. The van der Waals surface area contributed by atoms with Crippen molar-refractivity contribution < 1.29 is 13.9 Å². The Morgan fingerprint density at radius 2 is 1.81 bits per heavy atom. The highest BCUT2D eigenvalue weighted by molar-refractivity contribution is 5.78. The predicted octanol–water partition coefficient (Wildman–Crippen LogP) is 4.25. The number of aryl methyl sites for hydroxylation is 1. The molecule has 140 valence electrons. The summed E-state index contributed by atoms with van der Waals surface area (Å²) in [5.41, 5.74) is 2.66. The quantitative estimate of drug-likeness (QED) is 0.629. The maximum Gasteiger partial charge on any atom is 0.229 e. The molecule has 0 saturated heterocycles. The van der Waals surface area contributed by atoms with Crippen molar-refractivity contribution in [1.29, 1.82) is 0 Å². The minimum absolute atomic E-state index is 0.0318. The molecule has 0 unspecified atom stereocenters. The lowest BCUT2D eigenvalue weighted by molar-refractivity contribution is -0.130. The molecule has 0 atom stereocenters. The molecule has 0 fully saturated rings. The summed E-state index contributed by atoms with van der Waals surface area (Å²) in [6.45, 7) is 5.02. The van der Waals surface area contributed by atoms with Gasteiger partial charge in [-0.15, -0.1) is 0 Å². The summed E-state index contributed by atoms with van der Waals surface area (Å²) in [6, 6.07) is 17.5. The zero-order chi connectivity index (χ0) is 19.2. The summed E-state index contributed by atoms with van der Waals surface area (Å²) in [4.78, 5) is 19.1. The van der Waals surface area contributed by atoms with Crippen molar-refractivity contribution in [2.75, 3.05) is 13.7 Å². The van der Waals surface area contributed by atoms with Crippen molar-refractivity contribution in [2.24, 2.45) is 0 Å². The summed E-state index contributed by atoms with van der Waals surface area (Å²) in [5.74, 6) is 2.07. The Labute approximate surface area is 159 Å². The van der Waals surface area contributed by atoms with E-state index in [1.165, 1.54) is 0 Å². The Balaban J connectivity index is 1.70. The molecule has 1 heterocycles. The summed E-state index contributed by atoms with van der Waals surface area (Å²) >= 11 is 0. The third kappa shape index (κ3) is 4.56. The van der Waals surface area contributed by atoms with Crippen LogP contribution in [0, 0.1) is 6.92 Å². The van der Waals surface area contributed by atoms with Crippen LogP contribution in [0.3, 0.4) is 0 Å². The lowest BCUT2D eigenvalue weighted by Crippen LogP contribution is -2.31. The molecule has 3 aromatic rings. The second-order valence-electron chi connectivity index (χ2n) is 6.32. The SMILES string of the molecule is CCN(Cc1ccc(OC)cc1)C(=O)Cc1nc(-c2ccccc2)oc1C. The molecular formula is C22H24N2O3. The molecule has 0 aliphatic carbocycles. The van der Waals surface area contributed by atoms with Gasteiger partial charge in [0.25, 0.3) is 0 Å². The Bertz CT molecular complexity index is 886. The Kier molecular flexibility index (Phi) is 5.91. The zero-order valence-corrected chi connectivity index (χ0v) is 15.9. The summed E-state index contributed by atoms with van der Waals surface area (Å²) < 4.78 is 10.9. The van der Waals surface area contributed by atoms with E-state index in [1.807, 2.05) is 73.3 Å². The molecule has 0 radical (unpaired) electrons. The lowest BCUT2D eigenvalue weighted by Gasteiger charge is -2.21. The summed E-state index contributed by atoms with van der Waals surface area (Å²) in [7, 11) is 1.64. The van der Waals surface area contributed by atoms with Gasteiger partial charge in [0.2, 0.25) is 11.8 Å². The van der Waals surface area contributed by atoms with Gasteiger partial charge in [-0.25, -0.2) is 4.98 Å². The molecule has 0 N–H and O–H groups in total. The molecule has 5 nitrogen and oxygen atoms in total. The van der Waals surface area contributed by atoms with Crippen LogP contribution in [0.4, 0.5) is 0 Å². The third-order valence-electron chi connectivity index (χ3n) is 4.50. The maximum absolute atomic E-state index is 12.8. The summed E-state index contributed by atoms with van der Waals surface area (Å²) in [5, 5.41) is 0. The topological polar surface area (TPSA) is 55.6 Å². The second-order valence-corrected chi connectivity index (χ2v) is 6.32. The van der Waals surface area contributed by atoms with Crippen LogP contribution in [0.2, 0.25) is 0 Å². The molecule has 1 aromatic heterocycles. The van der Waals surface area contributed by atoms with Gasteiger partial charge in [-0.1, -0.05) is 30.3 Å². The highest BCUT2D eigenvalue weighted by Crippen LogP contribution is 2.22. The number of hydrogen-bond acceptors (Lipinski definition) is 4. The van der Waals surface area contributed by atoms with Gasteiger partial charge in [-0.3, -0.25) is 4.79 Å². The largest absolute Gasteiger partial charge is 0.497 e. The van der Waals surface area contributed by atoms with Crippen molar-refractivity contribution in [3.8, 4) is 17.2 Å². The number of carbonyl (C=O) groups excluding carboxylic acids is 1. The van der Waals surface area contributed by atoms with Crippen molar-refractivity contribution in [2.45, 2.75) is 26.8 Å². The fourth-order valence-electron chi connectivity index (χ4n) is 2.88. The third-order valence-corrected chi connectivity index (χ3v) is 4.50. The Hall–Kier alpha value is -3.08. The molecule has 0 saturated carbocycles. The number of benzene rings is 2. The number of ether oxygens (including phenoxy) is 1. The van der Waals surface area contributed by atoms with E-state index >= 15 is 0 Å². The van der Waals surface area contributed by atoms with Gasteiger partial charge in [0.05, 0.1) is 19.2 Å². The van der Waals surface area contributed by atoms with E-state index in [-0.39, 0.29) is 12.3 Å². The van der Waals surface area contributed by atoms with Crippen LogP contribution < -0.4 is 4.74 Å². The van der Waals surface area contributed by atoms with Gasteiger partial charge in [0.1, 0.15) is 11.5 Å². The fourth-order valence-corrected chi connectivity index (χ4v) is 2.88. The number of aromatic nitrogens is 1. The second kappa shape index (κ2) is 8.54. The lowest BCUT2D eigenvalue weighted by atomic mass is 10.2. The van der Waals surface area contributed by atoms with Crippen LogP contribution in [0.25, 0.3) is 11.5 Å². The van der Waals surface area contributed by atoms with Crippen LogP contribution in [-0.4, -0.2) is 29.4 Å². The van der Waals surface area contributed by atoms with E-state index in [0.717, 1.165) is 16.9 Å². The first-order valence-corrected chi connectivity index (χ1v) is 9.03. The van der Waals surface area contributed by atoms with E-state index in [0.29, 0.717) is 30.4 Å². The van der Waals surface area contributed by atoms with Crippen LogP contribution >= 0.6 is 0 Å². The van der Waals surface area contributed by atoms with E-state index < -0.39 is 0 Å². The highest BCUT2D eigenvalue weighted by Gasteiger charge is 2.18. The summed E-state index contributed by atoms with van der Waals surface area (Å²) in [6.07, 6.45) is 0.228. The predicted molar refractivity (Wildman–Crippen MR) is 104 cm³/mol. The Morgan fingerprint density at radius 1 is 1.11 bits per heavy atom. The van der Waals surface area contributed by atoms with Crippen LogP contribution in [0.1, 0.15) is 23.9 Å². The van der Waals surface area contributed by atoms with E-state index in [1.54, 1.807) is 7.11 Å². The van der Waals surface area contributed by atoms with Crippen LogP contribution in [-0.2, 0) is 17.8 Å². The number of methoxy groups -OCH3 is 1. The van der Waals surface area contributed by atoms with Crippen LogP contribution in [0.5, 0.6) is 5.75 Å². The molecule has 5 heteroatoms. The standard InChI is InChI=1S/C22H24N2O3/c1-4-24(15-17-10-12-19(26-3)13-11-17)21(25)14-20-16(2)27-22(23-20)18-8-6-5-7-9-18/h5-13H,4,14-15H2,1-3H3. The first kappa shape index (κ1) is 18.7. The van der Waals surface area contributed by atoms with Crippen molar-refractivity contribution in [1.82, 2.24) is 9.88 Å². The average Bonchev–Trinajstić information content (AvgIpc) is 3.07. The molecule has 1 amide bonds. The number of likely N-dealkylation sites (N-methyl/N-ethyl adjacent to an activating group) is 1. The normalized spacial score (nSPS) is 10.6. The molecule has 0 aliphatic heterocycles. The molecule has 0 bridgehead atoms. The van der Waals surface area contributed by atoms with Crippen molar-refractivity contribution in [3.05, 3.63) is 71.6 Å². The van der Waals surface area contributed by atoms with Gasteiger partial charge in [-0.05, 0) is 43.7 Å². The number of nitrogens with zero attached hydrogens (tertiary/aromatic N) is 2. The van der Waals surface area contributed by atoms with Gasteiger partial charge in [0, 0.05) is 18.7 Å². The molecule has 0 aliphatic rings. The molecular weight excluding hydrogens is 340 g/mol. The first-order valence-electron chi connectivity index (χ1n) is 9.03. The van der Waals surface area contributed by atoms with Crippen molar-refractivity contribution >= 4 is 5.91 Å². The average molecular weight is 364 g/mol. The van der Waals surface area contributed by atoms with Crippen LogP contribution in [0.15, 0.2) is 59.0 Å². The van der Waals surface area contributed by atoms with Gasteiger partial charge < -0.3 is 14.1 Å². The fraction of sp³-hybridized carbons (Fsp3) is 0.273. The van der Waals surface area contributed by atoms with Gasteiger partial charge >= 0.3 is 0 Å². The maximum atomic E-state index is 12.8. The monoisotopic (exact) mass is 364 g/mol. The highest BCUT2D eigenvalue weighted by atomic mass is 16.5.